The van der Waals surface area contributed by atoms with E-state index in [0.717, 1.165) is 16.7 Å². The number of aromatic nitrogens is 2. The zero-order valence-corrected chi connectivity index (χ0v) is 17.3. The number of ether oxygens (including phenoxy) is 3. The predicted octanol–water partition coefficient (Wildman–Crippen LogP) is 2.92. The SMILES string of the molecule is COc1cc2ncnc(N3CCN(C(=O)OCC(C)(C)Cl)CC3)c2cc1OC. The molecule has 0 atom stereocenters. The van der Waals surface area contributed by atoms with Crippen molar-refractivity contribution in [3.63, 3.8) is 0 Å². The summed E-state index contributed by atoms with van der Waals surface area (Å²) in [6.45, 7) is 6.15. The Kier molecular flexibility index (Phi) is 5.98. The molecular formula is C19H25ClN4O4. The van der Waals surface area contributed by atoms with Gasteiger partial charge in [0.1, 0.15) is 18.8 Å². The zero-order chi connectivity index (χ0) is 20.3. The summed E-state index contributed by atoms with van der Waals surface area (Å²) in [5, 5.41) is 0.875. The Morgan fingerprint density at radius 1 is 1.11 bits per heavy atom. The van der Waals surface area contributed by atoms with Gasteiger partial charge in [-0.25, -0.2) is 14.8 Å². The number of carbonyl (C=O) groups is 1. The van der Waals surface area contributed by atoms with Gasteiger partial charge in [-0.15, -0.1) is 11.6 Å². The number of fused-ring (bicyclic) bond motifs is 1. The third-order valence-electron chi connectivity index (χ3n) is 4.50. The lowest BCUT2D eigenvalue weighted by Crippen LogP contribution is -2.49. The fraction of sp³-hybridized carbons (Fsp3) is 0.526. The smallest absolute Gasteiger partial charge is 0.409 e. The number of amides is 1. The number of alkyl halides is 1. The van der Waals surface area contributed by atoms with Crippen molar-refractivity contribution in [2.45, 2.75) is 18.7 Å². The number of carbonyl (C=O) groups excluding carboxylic acids is 1. The molecule has 1 amide bonds. The van der Waals surface area contributed by atoms with Gasteiger partial charge in [0.25, 0.3) is 0 Å². The van der Waals surface area contributed by atoms with E-state index in [2.05, 4.69) is 14.9 Å². The van der Waals surface area contributed by atoms with Crippen LogP contribution in [0.4, 0.5) is 10.6 Å². The Morgan fingerprint density at radius 2 is 1.75 bits per heavy atom. The van der Waals surface area contributed by atoms with Crippen molar-refractivity contribution in [1.82, 2.24) is 14.9 Å². The van der Waals surface area contributed by atoms with Crippen LogP contribution in [0.25, 0.3) is 10.9 Å². The number of methoxy groups -OCH3 is 2. The molecule has 8 nitrogen and oxygen atoms in total. The molecule has 28 heavy (non-hydrogen) atoms. The second-order valence-corrected chi connectivity index (χ2v) is 8.19. The van der Waals surface area contributed by atoms with E-state index in [-0.39, 0.29) is 12.7 Å². The van der Waals surface area contributed by atoms with Crippen molar-refractivity contribution in [2.24, 2.45) is 0 Å². The fourth-order valence-corrected chi connectivity index (χ4v) is 3.10. The molecule has 0 aliphatic carbocycles. The standard InChI is InChI=1S/C19H25ClN4O4/c1-19(2,20)11-28-18(25)24-7-5-23(6-8-24)17-13-9-15(26-3)16(27-4)10-14(13)21-12-22-17/h9-10,12H,5-8,11H2,1-4H3. The van der Waals surface area contributed by atoms with Crippen molar-refractivity contribution >= 4 is 34.4 Å². The van der Waals surface area contributed by atoms with E-state index in [1.54, 1.807) is 19.1 Å². The number of piperazine rings is 1. The molecule has 1 aromatic heterocycles. The first-order valence-corrected chi connectivity index (χ1v) is 9.42. The van der Waals surface area contributed by atoms with Crippen LogP contribution in [0.2, 0.25) is 0 Å². The van der Waals surface area contributed by atoms with E-state index in [1.165, 1.54) is 6.33 Å². The maximum absolute atomic E-state index is 12.2. The van der Waals surface area contributed by atoms with Gasteiger partial charge in [-0.2, -0.15) is 0 Å². The maximum Gasteiger partial charge on any atom is 0.409 e. The molecule has 1 saturated heterocycles. The summed E-state index contributed by atoms with van der Waals surface area (Å²) in [6, 6.07) is 3.72. The van der Waals surface area contributed by atoms with Gasteiger partial charge in [0.05, 0.1) is 24.6 Å². The first-order chi connectivity index (χ1) is 13.3. The summed E-state index contributed by atoms with van der Waals surface area (Å²) in [5.74, 6) is 2.05. The zero-order valence-electron chi connectivity index (χ0n) is 16.6. The molecule has 0 radical (unpaired) electrons. The fourth-order valence-electron chi connectivity index (χ4n) is 3.05. The van der Waals surface area contributed by atoms with E-state index < -0.39 is 4.87 Å². The van der Waals surface area contributed by atoms with Gasteiger partial charge in [-0.05, 0) is 19.9 Å². The van der Waals surface area contributed by atoms with Crippen molar-refractivity contribution < 1.29 is 19.0 Å². The van der Waals surface area contributed by atoms with Crippen LogP contribution < -0.4 is 14.4 Å². The van der Waals surface area contributed by atoms with E-state index >= 15 is 0 Å². The quantitative estimate of drug-likeness (QED) is 0.704. The van der Waals surface area contributed by atoms with Gasteiger partial charge in [-0.3, -0.25) is 0 Å². The third-order valence-corrected chi connectivity index (χ3v) is 4.61. The summed E-state index contributed by atoms with van der Waals surface area (Å²) in [7, 11) is 3.19. The highest BCUT2D eigenvalue weighted by atomic mass is 35.5. The van der Waals surface area contributed by atoms with Crippen molar-refractivity contribution in [1.29, 1.82) is 0 Å². The van der Waals surface area contributed by atoms with Crippen LogP contribution in [0.5, 0.6) is 11.5 Å². The molecule has 0 unspecified atom stereocenters. The number of hydrogen-bond donors (Lipinski definition) is 0. The monoisotopic (exact) mass is 408 g/mol. The number of rotatable bonds is 5. The Hall–Kier alpha value is -2.48. The Labute approximate surface area is 169 Å². The van der Waals surface area contributed by atoms with Gasteiger partial charge in [0.2, 0.25) is 0 Å². The average molecular weight is 409 g/mol. The van der Waals surface area contributed by atoms with Crippen molar-refractivity contribution in [3.8, 4) is 11.5 Å². The van der Waals surface area contributed by atoms with E-state index in [0.29, 0.717) is 37.7 Å². The molecule has 1 fully saturated rings. The highest BCUT2D eigenvalue weighted by Gasteiger charge is 2.26. The second kappa shape index (κ2) is 8.26. The van der Waals surface area contributed by atoms with Crippen LogP contribution in [0.3, 0.4) is 0 Å². The molecule has 9 heteroatoms. The lowest BCUT2D eigenvalue weighted by Gasteiger charge is -2.35. The second-order valence-electron chi connectivity index (χ2n) is 7.17. The van der Waals surface area contributed by atoms with E-state index in [1.807, 2.05) is 26.0 Å². The maximum atomic E-state index is 12.2. The normalized spacial score (nSPS) is 14.9. The number of benzene rings is 1. The molecule has 1 aliphatic rings. The van der Waals surface area contributed by atoms with E-state index in [9.17, 15) is 4.79 Å². The summed E-state index contributed by atoms with van der Waals surface area (Å²) in [4.78, 5) is 24.3. The first-order valence-electron chi connectivity index (χ1n) is 9.04. The number of anilines is 1. The molecule has 2 aromatic rings. The van der Waals surface area contributed by atoms with Crippen molar-refractivity contribution in [2.75, 3.05) is 51.9 Å². The molecule has 152 valence electrons. The molecule has 2 heterocycles. The highest BCUT2D eigenvalue weighted by Crippen LogP contribution is 2.34. The summed E-state index contributed by atoms with van der Waals surface area (Å²) < 4.78 is 16.1. The summed E-state index contributed by atoms with van der Waals surface area (Å²) in [6.07, 6.45) is 1.19. The minimum absolute atomic E-state index is 0.172. The van der Waals surface area contributed by atoms with Crippen LogP contribution in [0.15, 0.2) is 18.5 Å². The molecule has 1 aromatic carbocycles. The lowest BCUT2D eigenvalue weighted by atomic mass is 10.2. The topological polar surface area (TPSA) is 77.0 Å². The number of nitrogens with zero attached hydrogens (tertiary/aromatic N) is 4. The number of hydrogen-bond acceptors (Lipinski definition) is 7. The van der Waals surface area contributed by atoms with Crippen LogP contribution in [-0.4, -0.2) is 72.8 Å². The van der Waals surface area contributed by atoms with E-state index in [4.69, 9.17) is 25.8 Å². The molecule has 1 aliphatic heterocycles. The van der Waals surface area contributed by atoms with Crippen LogP contribution in [0, 0.1) is 0 Å². The minimum Gasteiger partial charge on any atom is -0.493 e. The van der Waals surface area contributed by atoms with Gasteiger partial charge < -0.3 is 24.0 Å². The minimum atomic E-state index is -0.572. The Balaban J connectivity index is 1.74. The molecular weight excluding hydrogens is 384 g/mol. The third kappa shape index (κ3) is 4.49. The largest absolute Gasteiger partial charge is 0.493 e. The Morgan fingerprint density at radius 3 is 2.36 bits per heavy atom. The van der Waals surface area contributed by atoms with Gasteiger partial charge >= 0.3 is 6.09 Å². The van der Waals surface area contributed by atoms with Crippen molar-refractivity contribution in [3.05, 3.63) is 18.5 Å². The van der Waals surface area contributed by atoms with Crippen LogP contribution in [-0.2, 0) is 4.74 Å². The van der Waals surface area contributed by atoms with Crippen LogP contribution >= 0.6 is 11.6 Å². The first kappa shape index (κ1) is 20.3. The van der Waals surface area contributed by atoms with Gasteiger partial charge in [0, 0.05) is 37.6 Å². The summed E-state index contributed by atoms with van der Waals surface area (Å²) in [5.41, 5.74) is 0.772. The lowest BCUT2D eigenvalue weighted by molar-refractivity contribution is 0.0934. The molecule has 3 rings (SSSR count). The number of halogens is 1. The Bertz CT molecular complexity index is 848. The molecule has 0 bridgehead atoms. The summed E-state index contributed by atoms with van der Waals surface area (Å²) >= 11 is 6.08. The predicted molar refractivity (Wildman–Crippen MR) is 108 cm³/mol. The van der Waals surface area contributed by atoms with Crippen LogP contribution in [0.1, 0.15) is 13.8 Å². The average Bonchev–Trinajstić information content (AvgIpc) is 2.70. The highest BCUT2D eigenvalue weighted by molar-refractivity contribution is 6.23. The van der Waals surface area contributed by atoms with Gasteiger partial charge in [0.15, 0.2) is 11.5 Å². The van der Waals surface area contributed by atoms with Gasteiger partial charge in [-0.1, -0.05) is 0 Å². The molecule has 0 saturated carbocycles. The molecule has 0 N–H and O–H groups in total. The molecule has 0 spiro atoms.